The molecule has 1 aromatic carbocycles. The van der Waals surface area contributed by atoms with E-state index in [1.165, 1.54) is 6.07 Å². The number of nitriles is 1. The van der Waals surface area contributed by atoms with Crippen molar-refractivity contribution < 1.29 is 9.50 Å². The number of benzene rings is 1. The first-order valence-electron chi connectivity index (χ1n) is 4.38. The quantitative estimate of drug-likeness (QED) is 0.878. The third-order valence-electron chi connectivity index (χ3n) is 1.87. The molecule has 0 aliphatic heterocycles. The van der Waals surface area contributed by atoms with E-state index in [1.807, 2.05) is 6.07 Å². The molecule has 0 aromatic heterocycles. The molecule has 0 amide bonds. The Labute approximate surface area is 95.7 Å². The lowest BCUT2D eigenvalue weighted by Gasteiger charge is -2.10. The predicted octanol–water partition coefficient (Wildman–Crippen LogP) is 1.73. The van der Waals surface area contributed by atoms with Crippen molar-refractivity contribution in [2.45, 2.75) is 6.04 Å². The zero-order valence-electron chi connectivity index (χ0n) is 7.87. The van der Waals surface area contributed by atoms with Gasteiger partial charge in [0.25, 0.3) is 0 Å². The number of nitrogens with one attached hydrogen (secondary N) is 1. The van der Waals surface area contributed by atoms with Gasteiger partial charge in [0, 0.05) is 6.54 Å². The predicted molar refractivity (Wildman–Crippen MR) is 57.5 cm³/mol. The van der Waals surface area contributed by atoms with Crippen LogP contribution in [0, 0.1) is 17.1 Å². The minimum atomic E-state index is -0.597. The largest absolute Gasteiger partial charge is 0.395 e. The second kappa shape index (κ2) is 5.81. The molecule has 1 unspecified atom stereocenters. The van der Waals surface area contributed by atoms with Gasteiger partial charge in [-0.25, -0.2) is 4.39 Å². The van der Waals surface area contributed by atoms with Gasteiger partial charge in [0.15, 0.2) is 0 Å². The molecule has 0 aliphatic carbocycles. The number of hydrogen-bond acceptors (Lipinski definition) is 3. The molecular formula is C10H10BrFN2O. The molecule has 0 aliphatic rings. The van der Waals surface area contributed by atoms with Gasteiger partial charge in [0.05, 0.1) is 17.1 Å². The summed E-state index contributed by atoms with van der Waals surface area (Å²) in [7, 11) is 0. The van der Waals surface area contributed by atoms with Crippen LogP contribution in [0.5, 0.6) is 0 Å². The van der Waals surface area contributed by atoms with Crippen LogP contribution in [0.25, 0.3) is 0 Å². The second-order valence-electron chi connectivity index (χ2n) is 2.91. The van der Waals surface area contributed by atoms with Gasteiger partial charge in [-0.3, -0.25) is 5.32 Å². The van der Waals surface area contributed by atoms with Gasteiger partial charge in [0.1, 0.15) is 11.9 Å². The minimum Gasteiger partial charge on any atom is -0.395 e. The van der Waals surface area contributed by atoms with Crippen LogP contribution in [0.15, 0.2) is 22.7 Å². The minimum absolute atomic E-state index is 0.0583. The zero-order valence-corrected chi connectivity index (χ0v) is 9.46. The molecule has 1 aromatic rings. The molecule has 80 valence electrons. The van der Waals surface area contributed by atoms with Crippen molar-refractivity contribution in [1.82, 2.24) is 5.32 Å². The SMILES string of the molecule is N#CC(NCCO)c1ccc(Br)c(F)c1. The molecule has 5 heteroatoms. The summed E-state index contributed by atoms with van der Waals surface area (Å²) in [5, 5.41) is 20.2. The molecule has 0 heterocycles. The van der Waals surface area contributed by atoms with Crippen LogP contribution in [-0.2, 0) is 0 Å². The Morgan fingerprint density at radius 3 is 2.87 bits per heavy atom. The third kappa shape index (κ3) is 3.27. The van der Waals surface area contributed by atoms with E-state index in [9.17, 15) is 4.39 Å². The summed E-state index contributed by atoms with van der Waals surface area (Å²) in [6, 6.07) is 5.90. The molecule has 0 saturated heterocycles. The normalized spacial score (nSPS) is 12.1. The van der Waals surface area contributed by atoms with Gasteiger partial charge < -0.3 is 5.11 Å². The Morgan fingerprint density at radius 1 is 1.60 bits per heavy atom. The topological polar surface area (TPSA) is 56.0 Å². The summed E-state index contributed by atoms with van der Waals surface area (Å²) in [5.74, 6) is -0.404. The van der Waals surface area contributed by atoms with Crippen LogP contribution in [0.2, 0.25) is 0 Å². The lowest BCUT2D eigenvalue weighted by molar-refractivity contribution is 0.289. The number of rotatable bonds is 4. The molecule has 0 saturated carbocycles. The third-order valence-corrected chi connectivity index (χ3v) is 2.51. The number of halogens is 2. The summed E-state index contributed by atoms with van der Waals surface area (Å²) in [5.41, 5.74) is 0.548. The van der Waals surface area contributed by atoms with Crippen LogP contribution in [0.1, 0.15) is 11.6 Å². The van der Waals surface area contributed by atoms with E-state index in [-0.39, 0.29) is 6.61 Å². The van der Waals surface area contributed by atoms with Gasteiger partial charge in [0.2, 0.25) is 0 Å². The fraction of sp³-hybridized carbons (Fsp3) is 0.300. The Kier molecular flexibility index (Phi) is 4.69. The Morgan fingerprint density at radius 2 is 2.33 bits per heavy atom. The van der Waals surface area contributed by atoms with Crippen LogP contribution in [0.3, 0.4) is 0 Å². The van der Waals surface area contributed by atoms with Gasteiger partial charge in [-0.2, -0.15) is 5.26 Å². The maximum Gasteiger partial charge on any atom is 0.137 e. The number of nitrogens with zero attached hydrogens (tertiary/aromatic N) is 1. The molecule has 1 rings (SSSR count). The Bertz CT molecular complexity index is 378. The summed E-state index contributed by atoms with van der Waals surface area (Å²) in [4.78, 5) is 0. The van der Waals surface area contributed by atoms with Crippen molar-refractivity contribution in [2.75, 3.05) is 13.2 Å². The highest BCUT2D eigenvalue weighted by Crippen LogP contribution is 2.20. The summed E-state index contributed by atoms with van der Waals surface area (Å²) < 4.78 is 13.5. The van der Waals surface area contributed by atoms with E-state index in [0.29, 0.717) is 16.6 Å². The van der Waals surface area contributed by atoms with Crippen molar-refractivity contribution in [1.29, 1.82) is 5.26 Å². The average molecular weight is 273 g/mol. The highest BCUT2D eigenvalue weighted by molar-refractivity contribution is 9.10. The molecule has 0 bridgehead atoms. The number of aliphatic hydroxyl groups is 1. The van der Waals surface area contributed by atoms with Gasteiger partial charge in [-0.15, -0.1) is 0 Å². The molecule has 1 atom stereocenters. The lowest BCUT2D eigenvalue weighted by atomic mass is 10.1. The van der Waals surface area contributed by atoms with Crippen LogP contribution < -0.4 is 5.32 Å². The smallest absolute Gasteiger partial charge is 0.137 e. The van der Waals surface area contributed by atoms with E-state index in [4.69, 9.17) is 10.4 Å². The van der Waals surface area contributed by atoms with Crippen molar-refractivity contribution in [3.63, 3.8) is 0 Å². The summed E-state index contributed by atoms with van der Waals surface area (Å²) in [6.07, 6.45) is 0. The molecule has 0 fully saturated rings. The van der Waals surface area contributed by atoms with Crippen molar-refractivity contribution in [2.24, 2.45) is 0 Å². The van der Waals surface area contributed by atoms with E-state index in [1.54, 1.807) is 12.1 Å². The fourth-order valence-corrected chi connectivity index (χ4v) is 1.39. The van der Waals surface area contributed by atoms with E-state index in [2.05, 4.69) is 21.2 Å². The van der Waals surface area contributed by atoms with E-state index in [0.717, 1.165) is 0 Å². The summed E-state index contributed by atoms with van der Waals surface area (Å²) >= 11 is 3.03. The highest BCUT2D eigenvalue weighted by Gasteiger charge is 2.11. The van der Waals surface area contributed by atoms with Gasteiger partial charge in [-0.1, -0.05) is 6.07 Å². The lowest BCUT2D eigenvalue weighted by Crippen LogP contribution is -2.23. The van der Waals surface area contributed by atoms with Crippen LogP contribution >= 0.6 is 15.9 Å². The van der Waals surface area contributed by atoms with Gasteiger partial charge >= 0.3 is 0 Å². The maximum atomic E-state index is 13.2. The van der Waals surface area contributed by atoms with E-state index < -0.39 is 11.9 Å². The highest BCUT2D eigenvalue weighted by atomic mass is 79.9. The average Bonchev–Trinajstić information content (AvgIpc) is 2.24. The standard InChI is InChI=1S/C10H10BrFN2O/c11-8-2-1-7(5-9(8)12)10(6-13)14-3-4-15/h1-2,5,10,14-15H,3-4H2. The van der Waals surface area contributed by atoms with Crippen molar-refractivity contribution in [3.8, 4) is 6.07 Å². The zero-order chi connectivity index (χ0) is 11.3. The van der Waals surface area contributed by atoms with Gasteiger partial charge in [-0.05, 0) is 33.6 Å². The number of hydrogen-bond donors (Lipinski definition) is 2. The molecular weight excluding hydrogens is 263 g/mol. The van der Waals surface area contributed by atoms with Crippen LogP contribution in [0.4, 0.5) is 4.39 Å². The Balaban J connectivity index is 2.84. The summed E-state index contributed by atoms with van der Waals surface area (Å²) in [6.45, 7) is 0.243. The second-order valence-corrected chi connectivity index (χ2v) is 3.77. The molecule has 0 radical (unpaired) electrons. The molecule has 15 heavy (non-hydrogen) atoms. The fourth-order valence-electron chi connectivity index (χ4n) is 1.14. The van der Waals surface area contributed by atoms with Crippen molar-refractivity contribution in [3.05, 3.63) is 34.1 Å². The van der Waals surface area contributed by atoms with Crippen molar-refractivity contribution >= 4 is 15.9 Å². The first-order chi connectivity index (χ1) is 7.19. The monoisotopic (exact) mass is 272 g/mol. The Hall–Kier alpha value is -0.960. The van der Waals surface area contributed by atoms with Crippen LogP contribution in [-0.4, -0.2) is 18.3 Å². The first kappa shape index (κ1) is 12.1. The number of aliphatic hydroxyl groups excluding tert-OH is 1. The van der Waals surface area contributed by atoms with E-state index >= 15 is 0 Å². The maximum absolute atomic E-state index is 13.2. The molecule has 3 nitrogen and oxygen atoms in total. The molecule has 0 spiro atoms. The molecule has 2 N–H and O–H groups in total. The first-order valence-corrected chi connectivity index (χ1v) is 5.17.